The minimum atomic E-state index is -0.0137. The molecule has 0 aliphatic carbocycles. The summed E-state index contributed by atoms with van der Waals surface area (Å²) >= 11 is 4.89. The predicted octanol–water partition coefficient (Wildman–Crippen LogP) is 4.63. The molecule has 0 aliphatic rings. The zero-order valence-corrected chi connectivity index (χ0v) is 15.6. The first-order chi connectivity index (χ1) is 10.1. The maximum absolute atomic E-state index is 10.8. The molecule has 0 saturated carbocycles. The van der Waals surface area contributed by atoms with Crippen LogP contribution in [0, 0.1) is 4.51 Å². The molecule has 0 heterocycles. The Kier molecular flexibility index (Phi) is 16.8. The van der Waals surface area contributed by atoms with Crippen molar-refractivity contribution >= 4 is 17.9 Å². The van der Waals surface area contributed by atoms with Crippen LogP contribution in [0.3, 0.4) is 0 Å². The van der Waals surface area contributed by atoms with Crippen molar-refractivity contribution in [2.24, 2.45) is 0 Å². The molecule has 1 N–H and O–H groups in total. The lowest BCUT2D eigenvalue weighted by Gasteiger charge is -2.15. The Morgan fingerprint density at radius 2 is 1.71 bits per heavy atom. The van der Waals surface area contributed by atoms with Gasteiger partial charge in [-0.05, 0) is 39.4 Å². The summed E-state index contributed by atoms with van der Waals surface area (Å²) in [5, 5.41) is 3.19. The van der Waals surface area contributed by atoms with Gasteiger partial charge in [0.25, 0.3) is 0 Å². The number of unbranched alkanes of at least 4 members (excludes halogenated alkanes) is 1. The molecular weight excluding hydrogens is 280 g/mol. The molecule has 1 rings (SSSR count). The minimum Gasteiger partial charge on any atom is -0.384 e. The lowest BCUT2D eigenvalue weighted by Crippen LogP contribution is -2.21. The largest absolute Gasteiger partial charge is 0.384 e. The molecule has 0 amide bonds. The third-order valence-electron chi connectivity index (χ3n) is 2.63. The fraction of sp³-hybridized carbons (Fsp3) is 0.765. The number of rotatable bonds is 8. The second-order valence-electron chi connectivity index (χ2n) is 4.90. The molecule has 4 heteroatoms. The van der Waals surface area contributed by atoms with E-state index in [0.717, 1.165) is 31.7 Å². The normalized spacial score (nSPS) is 9.67. The van der Waals surface area contributed by atoms with E-state index in [2.05, 4.69) is 38.0 Å². The molecule has 3 nitrogen and oxygen atoms in total. The van der Waals surface area contributed by atoms with E-state index >= 15 is 0 Å². The average molecular weight is 315 g/mol. The summed E-state index contributed by atoms with van der Waals surface area (Å²) in [6, 6.07) is 1.57. The van der Waals surface area contributed by atoms with Crippen LogP contribution in [-0.2, 0) is 0 Å². The van der Waals surface area contributed by atoms with Crippen LogP contribution in [0.4, 0.5) is 5.69 Å². The Labute approximate surface area is 136 Å². The molecule has 0 aromatic heterocycles. The van der Waals surface area contributed by atoms with Crippen LogP contribution in [0.2, 0.25) is 0 Å². The van der Waals surface area contributed by atoms with Gasteiger partial charge in [0.2, 0.25) is 5.43 Å². The van der Waals surface area contributed by atoms with Crippen molar-refractivity contribution in [3.05, 3.63) is 20.8 Å². The van der Waals surface area contributed by atoms with E-state index < -0.39 is 0 Å². The highest BCUT2D eigenvalue weighted by atomic mass is 32.1. The van der Waals surface area contributed by atoms with Crippen LogP contribution in [-0.4, -0.2) is 31.6 Å². The molecule has 1 aromatic rings. The van der Waals surface area contributed by atoms with Gasteiger partial charge in [-0.3, -0.25) is 4.79 Å². The first-order valence-electron chi connectivity index (χ1n) is 8.29. The molecule has 0 unspecified atom stereocenters. The number of nitrogens with zero attached hydrogens (tertiary/aromatic N) is 1. The van der Waals surface area contributed by atoms with E-state index in [9.17, 15) is 4.79 Å². The fourth-order valence-electron chi connectivity index (χ4n) is 1.67. The number of hydrogen-bond donors (Lipinski definition) is 1. The third-order valence-corrected chi connectivity index (χ3v) is 3.05. The van der Waals surface area contributed by atoms with Crippen molar-refractivity contribution in [2.45, 2.75) is 60.3 Å². The Bertz CT molecular complexity index is 397. The molecule has 0 saturated heterocycles. The molecule has 0 atom stereocenters. The Balaban J connectivity index is 0. The molecule has 1 aromatic carbocycles. The summed E-state index contributed by atoms with van der Waals surface area (Å²) in [7, 11) is 2.15. The van der Waals surface area contributed by atoms with Crippen LogP contribution in [0.25, 0.3) is 0 Å². The van der Waals surface area contributed by atoms with Crippen LogP contribution in [0.5, 0.6) is 0 Å². The van der Waals surface area contributed by atoms with Crippen molar-refractivity contribution in [1.29, 1.82) is 0 Å². The van der Waals surface area contributed by atoms with E-state index in [1.807, 2.05) is 13.8 Å². The standard InChI is InChI=1S/C12H20N2OS.C3H8.C2H6/c1-3-7-14(2)8-5-4-6-13-10-9-11(15)12(10)16;1-3-2;1-2/h9,13H,3-8H2,1-2H3;3H2,1-2H3;1-2H3. The van der Waals surface area contributed by atoms with Gasteiger partial charge in [-0.15, -0.1) is 0 Å². The van der Waals surface area contributed by atoms with Gasteiger partial charge >= 0.3 is 0 Å². The van der Waals surface area contributed by atoms with Crippen molar-refractivity contribution in [3.8, 4) is 0 Å². The fourth-order valence-corrected chi connectivity index (χ4v) is 1.86. The zero-order valence-electron chi connectivity index (χ0n) is 14.8. The summed E-state index contributed by atoms with van der Waals surface area (Å²) in [6.45, 7) is 13.6. The van der Waals surface area contributed by atoms with E-state index in [-0.39, 0.29) is 5.43 Å². The number of nitrogens with one attached hydrogen (secondary N) is 1. The van der Waals surface area contributed by atoms with E-state index in [1.54, 1.807) is 6.07 Å². The number of anilines is 1. The summed E-state index contributed by atoms with van der Waals surface area (Å²) in [5.41, 5.74) is 0.835. The summed E-state index contributed by atoms with van der Waals surface area (Å²) in [6.07, 6.45) is 4.75. The monoisotopic (exact) mass is 314 g/mol. The molecule has 0 aliphatic heterocycles. The minimum absolute atomic E-state index is 0.0137. The molecule has 0 radical (unpaired) electrons. The molecule has 0 bridgehead atoms. The Hall–Kier alpha value is -0.740. The van der Waals surface area contributed by atoms with Crippen LogP contribution < -0.4 is 10.7 Å². The van der Waals surface area contributed by atoms with Crippen LogP contribution in [0.15, 0.2) is 10.9 Å². The van der Waals surface area contributed by atoms with Crippen molar-refractivity contribution in [3.63, 3.8) is 0 Å². The summed E-state index contributed by atoms with van der Waals surface area (Å²) in [4.78, 5) is 13.2. The quantitative estimate of drug-likeness (QED) is 0.560. The van der Waals surface area contributed by atoms with Gasteiger partial charge < -0.3 is 10.2 Å². The maximum atomic E-state index is 10.8. The smallest absolute Gasteiger partial charge is 0.200 e. The number of hydrogen-bond acceptors (Lipinski definition) is 4. The Morgan fingerprint density at radius 1 is 1.14 bits per heavy atom. The van der Waals surface area contributed by atoms with Crippen molar-refractivity contribution < 1.29 is 0 Å². The second kappa shape index (κ2) is 15.6. The maximum Gasteiger partial charge on any atom is 0.200 e. The molecule has 21 heavy (non-hydrogen) atoms. The van der Waals surface area contributed by atoms with Gasteiger partial charge in [-0.2, -0.15) is 0 Å². The van der Waals surface area contributed by atoms with Crippen LogP contribution in [0.1, 0.15) is 60.3 Å². The molecular formula is C17H34N2OS. The highest BCUT2D eigenvalue weighted by Crippen LogP contribution is 2.07. The highest BCUT2D eigenvalue weighted by Gasteiger charge is 2.03. The van der Waals surface area contributed by atoms with Gasteiger partial charge in [-0.25, -0.2) is 0 Å². The van der Waals surface area contributed by atoms with E-state index in [4.69, 9.17) is 12.2 Å². The molecule has 0 spiro atoms. The van der Waals surface area contributed by atoms with Crippen LogP contribution >= 0.6 is 12.2 Å². The van der Waals surface area contributed by atoms with Gasteiger partial charge in [0.1, 0.15) is 4.51 Å². The topological polar surface area (TPSA) is 32.3 Å². The predicted molar refractivity (Wildman–Crippen MR) is 98.7 cm³/mol. The third kappa shape index (κ3) is 11.6. The SMILES string of the molecule is CC.CCC.CCCN(C)CCCCNc1cc(=O)c1=S. The van der Waals surface area contributed by atoms with Crippen molar-refractivity contribution in [1.82, 2.24) is 4.90 Å². The second-order valence-corrected chi connectivity index (χ2v) is 5.30. The van der Waals surface area contributed by atoms with Gasteiger partial charge in [0, 0.05) is 12.6 Å². The Morgan fingerprint density at radius 3 is 2.14 bits per heavy atom. The highest BCUT2D eigenvalue weighted by molar-refractivity contribution is 7.71. The first-order valence-corrected chi connectivity index (χ1v) is 8.70. The molecule has 0 fully saturated rings. The van der Waals surface area contributed by atoms with E-state index in [0.29, 0.717) is 4.51 Å². The summed E-state index contributed by atoms with van der Waals surface area (Å²) < 4.78 is 0.461. The van der Waals surface area contributed by atoms with Gasteiger partial charge in [0.05, 0.1) is 5.69 Å². The van der Waals surface area contributed by atoms with Gasteiger partial charge in [0.15, 0.2) is 0 Å². The van der Waals surface area contributed by atoms with Crippen molar-refractivity contribution in [2.75, 3.05) is 32.0 Å². The lowest BCUT2D eigenvalue weighted by atomic mass is 10.2. The van der Waals surface area contributed by atoms with E-state index in [1.165, 1.54) is 19.3 Å². The average Bonchev–Trinajstić information content (AvgIpc) is 2.48. The van der Waals surface area contributed by atoms with Gasteiger partial charge in [-0.1, -0.05) is 53.3 Å². The first kappa shape index (κ1) is 22.5. The molecule has 124 valence electrons. The summed E-state index contributed by atoms with van der Waals surface area (Å²) in [5.74, 6) is 0. The lowest BCUT2D eigenvalue weighted by molar-refractivity contribution is 0.328. The zero-order chi connectivity index (χ0) is 16.7.